The average molecular weight is 349 g/mol. The summed E-state index contributed by atoms with van der Waals surface area (Å²) in [6.45, 7) is 1.56. The third-order valence-electron chi connectivity index (χ3n) is 3.80. The molecule has 1 fully saturated rings. The summed E-state index contributed by atoms with van der Waals surface area (Å²) in [6.07, 6.45) is 2.42. The molecular formula is C17H18BrFN2. The maximum atomic E-state index is 13.5. The Morgan fingerprint density at radius 2 is 1.90 bits per heavy atom. The molecule has 2 nitrogen and oxygen atoms in total. The van der Waals surface area contributed by atoms with Crippen molar-refractivity contribution in [1.82, 2.24) is 4.90 Å². The summed E-state index contributed by atoms with van der Waals surface area (Å²) < 4.78 is 14.3. The number of hydrogen-bond acceptors (Lipinski definition) is 2. The van der Waals surface area contributed by atoms with Gasteiger partial charge in [-0.2, -0.15) is 0 Å². The fourth-order valence-corrected chi connectivity index (χ4v) is 3.10. The maximum absolute atomic E-state index is 13.5. The molecule has 1 aliphatic rings. The Balaban J connectivity index is 1.77. The first-order valence-corrected chi connectivity index (χ1v) is 7.93. The van der Waals surface area contributed by atoms with Crippen LogP contribution < -0.4 is 5.73 Å². The van der Waals surface area contributed by atoms with Crippen LogP contribution in [0, 0.1) is 5.82 Å². The third-order valence-corrected chi connectivity index (χ3v) is 4.26. The number of halogens is 2. The number of nitrogens with zero attached hydrogens (tertiary/aromatic N) is 1. The van der Waals surface area contributed by atoms with Crippen molar-refractivity contribution in [3.05, 3.63) is 63.9 Å². The fraction of sp³-hybridized carbons (Fsp3) is 0.294. The van der Waals surface area contributed by atoms with Crippen LogP contribution in [0.2, 0.25) is 0 Å². The summed E-state index contributed by atoms with van der Waals surface area (Å²) in [5.41, 5.74) is 8.99. The summed E-state index contributed by atoms with van der Waals surface area (Å²) in [4.78, 5) is 2.38. The lowest BCUT2D eigenvalue weighted by atomic mass is 10.1. The van der Waals surface area contributed by atoms with Crippen LogP contribution in [0.5, 0.6) is 0 Å². The number of hydrogen-bond donors (Lipinski definition) is 1. The lowest BCUT2D eigenvalue weighted by Crippen LogP contribution is -2.25. The van der Waals surface area contributed by atoms with E-state index in [1.54, 1.807) is 6.07 Å². The van der Waals surface area contributed by atoms with Crippen molar-refractivity contribution in [2.75, 3.05) is 5.73 Å². The minimum atomic E-state index is -0.200. The van der Waals surface area contributed by atoms with Crippen LogP contribution in [-0.4, -0.2) is 10.9 Å². The Morgan fingerprint density at radius 1 is 1.14 bits per heavy atom. The van der Waals surface area contributed by atoms with Crippen molar-refractivity contribution in [3.63, 3.8) is 0 Å². The average Bonchev–Trinajstić information content (AvgIpc) is 3.23. The van der Waals surface area contributed by atoms with Crippen LogP contribution >= 0.6 is 15.9 Å². The highest BCUT2D eigenvalue weighted by Gasteiger charge is 2.29. The molecular weight excluding hydrogens is 331 g/mol. The molecule has 21 heavy (non-hydrogen) atoms. The van der Waals surface area contributed by atoms with Gasteiger partial charge in [-0.15, -0.1) is 0 Å². The predicted octanol–water partition coefficient (Wildman–Crippen LogP) is 4.34. The zero-order chi connectivity index (χ0) is 14.8. The molecule has 1 saturated carbocycles. The zero-order valence-corrected chi connectivity index (χ0v) is 13.3. The van der Waals surface area contributed by atoms with Gasteiger partial charge in [0.25, 0.3) is 0 Å². The molecule has 0 aromatic heterocycles. The molecule has 0 bridgehead atoms. The van der Waals surface area contributed by atoms with Crippen LogP contribution in [0.25, 0.3) is 0 Å². The molecule has 0 unspecified atom stereocenters. The van der Waals surface area contributed by atoms with E-state index in [-0.39, 0.29) is 5.82 Å². The van der Waals surface area contributed by atoms with Crippen LogP contribution in [0.4, 0.5) is 10.1 Å². The Morgan fingerprint density at radius 3 is 2.57 bits per heavy atom. The molecule has 0 amide bonds. The Bertz CT molecular complexity index is 620. The Labute approximate surface area is 132 Å². The quantitative estimate of drug-likeness (QED) is 0.814. The van der Waals surface area contributed by atoms with Gasteiger partial charge in [-0.05, 0) is 48.2 Å². The minimum Gasteiger partial charge on any atom is -0.398 e. The first-order chi connectivity index (χ1) is 10.1. The number of rotatable bonds is 5. The number of para-hydroxylation sites is 1. The standard InChI is InChI=1S/C17H18BrFN2/c18-14-7-12(8-15(19)9-14)10-21(16-5-6-16)11-13-3-1-2-4-17(13)20/h1-4,7-9,16H,5-6,10-11,20H2. The summed E-state index contributed by atoms with van der Waals surface area (Å²) in [6, 6.07) is 13.6. The van der Waals surface area contributed by atoms with Gasteiger partial charge >= 0.3 is 0 Å². The van der Waals surface area contributed by atoms with Gasteiger partial charge < -0.3 is 5.73 Å². The molecule has 0 heterocycles. The highest BCUT2D eigenvalue weighted by molar-refractivity contribution is 9.10. The molecule has 2 N–H and O–H groups in total. The van der Waals surface area contributed by atoms with E-state index in [1.807, 2.05) is 24.3 Å². The number of benzene rings is 2. The second-order valence-electron chi connectivity index (χ2n) is 5.61. The molecule has 1 aliphatic carbocycles. The van der Waals surface area contributed by atoms with Gasteiger partial charge in [0.2, 0.25) is 0 Å². The Hall–Kier alpha value is -1.39. The molecule has 2 aromatic carbocycles. The van der Waals surface area contributed by atoms with Gasteiger partial charge in [-0.3, -0.25) is 4.90 Å². The van der Waals surface area contributed by atoms with E-state index < -0.39 is 0 Å². The monoisotopic (exact) mass is 348 g/mol. The van der Waals surface area contributed by atoms with Crippen molar-refractivity contribution in [2.45, 2.75) is 32.0 Å². The lowest BCUT2D eigenvalue weighted by molar-refractivity contribution is 0.246. The van der Waals surface area contributed by atoms with Crippen LogP contribution in [0.1, 0.15) is 24.0 Å². The zero-order valence-electron chi connectivity index (χ0n) is 11.7. The van der Waals surface area contributed by atoms with Crippen LogP contribution in [0.3, 0.4) is 0 Å². The SMILES string of the molecule is Nc1ccccc1CN(Cc1cc(F)cc(Br)c1)C1CC1. The summed E-state index contributed by atoms with van der Waals surface area (Å²) in [5, 5.41) is 0. The molecule has 0 aliphatic heterocycles. The minimum absolute atomic E-state index is 0.200. The molecule has 0 atom stereocenters. The van der Waals surface area contributed by atoms with Gasteiger partial charge in [0, 0.05) is 29.3 Å². The van der Waals surface area contributed by atoms with Gasteiger partial charge in [0.1, 0.15) is 5.82 Å². The predicted molar refractivity (Wildman–Crippen MR) is 87.2 cm³/mol. The van der Waals surface area contributed by atoms with Gasteiger partial charge in [0.05, 0.1) is 0 Å². The molecule has 110 valence electrons. The second kappa shape index (κ2) is 6.16. The van der Waals surface area contributed by atoms with Crippen LogP contribution in [0.15, 0.2) is 46.9 Å². The number of anilines is 1. The van der Waals surface area contributed by atoms with Crippen molar-refractivity contribution in [3.8, 4) is 0 Å². The Kier molecular flexibility index (Phi) is 4.27. The van der Waals surface area contributed by atoms with Crippen molar-refractivity contribution in [2.24, 2.45) is 0 Å². The van der Waals surface area contributed by atoms with E-state index in [0.717, 1.165) is 34.4 Å². The van der Waals surface area contributed by atoms with E-state index in [9.17, 15) is 4.39 Å². The topological polar surface area (TPSA) is 29.3 Å². The summed E-state index contributed by atoms with van der Waals surface area (Å²) >= 11 is 3.36. The highest BCUT2D eigenvalue weighted by atomic mass is 79.9. The molecule has 2 aromatic rings. The van der Waals surface area contributed by atoms with Gasteiger partial charge in [0.15, 0.2) is 0 Å². The van der Waals surface area contributed by atoms with E-state index >= 15 is 0 Å². The molecule has 3 rings (SSSR count). The van der Waals surface area contributed by atoms with Crippen molar-refractivity contribution >= 4 is 21.6 Å². The summed E-state index contributed by atoms with van der Waals surface area (Å²) in [5.74, 6) is -0.200. The molecule has 0 saturated heterocycles. The van der Waals surface area contributed by atoms with E-state index in [4.69, 9.17) is 5.73 Å². The third kappa shape index (κ3) is 3.83. The van der Waals surface area contributed by atoms with Gasteiger partial charge in [-0.25, -0.2) is 4.39 Å². The van der Waals surface area contributed by atoms with E-state index in [2.05, 4.69) is 26.9 Å². The molecule has 0 spiro atoms. The number of nitrogens with two attached hydrogens (primary N) is 1. The first-order valence-electron chi connectivity index (χ1n) is 7.14. The van der Waals surface area contributed by atoms with Crippen LogP contribution in [-0.2, 0) is 13.1 Å². The highest BCUT2D eigenvalue weighted by Crippen LogP contribution is 2.31. The normalized spacial score (nSPS) is 14.6. The molecule has 0 radical (unpaired) electrons. The molecule has 4 heteroatoms. The van der Waals surface area contributed by atoms with Crippen molar-refractivity contribution in [1.29, 1.82) is 0 Å². The van der Waals surface area contributed by atoms with E-state index in [1.165, 1.54) is 18.9 Å². The van der Waals surface area contributed by atoms with E-state index in [0.29, 0.717) is 6.04 Å². The fourth-order valence-electron chi connectivity index (χ4n) is 2.59. The maximum Gasteiger partial charge on any atom is 0.124 e. The van der Waals surface area contributed by atoms with Gasteiger partial charge in [-0.1, -0.05) is 34.1 Å². The smallest absolute Gasteiger partial charge is 0.124 e. The second-order valence-corrected chi connectivity index (χ2v) is 6.53. The lowest BCUT2D eigenvalue weighted by Gasteiger charge is -2.23. The van der Waals surface area contributed by atoms with Crippen molar-refractivity contribution < 1.29 is 4.39 Å². The first kappa shape index (κ1) is 14.5. The summed E-state index contributed by atoms with van der Waals surface area (Å²) in [7, 11) is 0. The largest absolute Gasteiger partial charge is 0.398 e. The number of nitrogen functional groups attached to an aromatic ring is 1.